The lowest BCUT2D eigenvalue weighted by Crippen LogP contribution is -2.45. The van der Waals surface area contributed by atoms with Crippen molar-refractivity contribution in [3.63, 3.8) is 0 Å². The Labute approximate surface area is 130 Å². The molecule has 2 rings (SSSR count). The maximum absolute atomic E-state index is 12.5. The van der Waals surface area contributed by atoms with Gasteiger partial charge in [0.1, 0.15) is 5.75 Å². The minimum atomic E-state index is -0.405. The molecule has 0 aromatic heterocycles. The third kappa shape index (κ3) is 3.90. The summed E-state index contributed by atoms with van der Waals surface area (Å²) in [5, 5.41) is 0. The van der Waals surface area contributed by atoms with Gasteiger partial charge in [0, 0.05) is 32.6 Å². The summed E-state index contributed by atoms with van der Waals surface area (Å²) in [6, 6.07) is 7.28. The zero-order chi connectivity index (χ0) is 16.1. The molecule has 120 valence electrons. The van der Waals surface area contributed by atoms with E-state index in [4.69, 9.17) is 10.5 Å². The van der Waals surface area contributed by atoms with Crippen LogP contribution in [0.4, 0.5) is 4.79 Å². The number of likely N-dealkylation sites (tertiary alicyclic amines) is 1. The molecule has 6 heteroatoms. The Morgan fingerprint density at radius 2 is 1.86 bits per heavy atom. The summed E-state index contributed by atoms with van der Waals surface area (Å²) in [6.07, 6.45) is 1.35. The Bertz CT molecular complexity index is 522. The molecule has 0 spiro atoms. The lowest BCUT2D eigenvalue weighted by Gasteiger charge is -2.32. The number of ether oxygens (including phenoxy) is 1. The molecule has 1 heterocycles. The summed E-state index contributed by atoms with van der Waals surface area (Å²) in [4.78, 5) is 26.9. The molecule has 1 aliphatic rings. The first kappa shape index (κ1) is 16.1. The predicted octanol–water partition coefficient (Wildman–Crippen LogP) is 1.44. The molecule has 6 nitrogen and oxygen atoms in total. The van der Waals surface area contributed by atoms with Crippen LogP contribution in [0.1, 0.15) is 18.4 Å². The number of amides is 3. The van der Waals surface area contributed by atoms with Crippen LogP contribution < -0.4 is 10.5 Å². The van der Waals surface area contributed by atoms with E-state index in [0.717, 1.165) is 11.3 Å². The van der Waals surface area contributed by atoms with Crippen LogP contribution in [0.25, 0.3) is 0 Å². The van der Waals surface area contributed by atoms with E-state index >= 15 is 0 Å². The van der Waals surface area contributed by atoms with Crippen molar-refractivity contribution in [3.05, 3.63) is 29.8 Å². The summed E-state index contributed by atoms with van der Waals surface area (Å²) < 4.78 is 5.12. The number of hydrogen-bond acceptors (Lipinski definition) is 3. The van der Waals surface area contributed by atoms with Crippen LogP contribution in [-0.4, -0.2) is 49.0 Å². The third-order valence-electron chi connectivity index (χ3n) is 4.11. The SMILES string of the molecule is COc1ccc(CN(C)C(=O)C2CCN(C(N)=O)CC2)cc1. The summed E-state index contributed by atoms with van der Waals surface area (Å²) in [5.41, 5.74) is 6.32. The molecule has 1 aromatic carbocycles. The summed E-state index contributed by atoms with van der Waals surface area (Å²) in [7, 11) is 3.44. The molecule has 1 saturated heterocycles. The zero-order valence-corrected chi connectivity index (χ0v) is 13.1. The van der Waals surface area contributed by atoms with E-state index in [9.17, 15) is 9.59 Å². The van der Waals surface area contributed by atoms with Gasteiger partial charge in [0.15, 0.2) is 0 Å². The molecule has 0 aliphatic carbocycles. The monoisotopic (exact) mass is 305 g/mol. The number of carbonyl (C=O) groups excluding carboxylic acids is 2. The number of carbonyl (C=O) groups is 2. The van der Waals surface area contributed by atoms with Crippen molar-refractivity contribution >= 4 is 11.9 Å². The number of rotatable bonds is 4. The van der Waals surface area contributed by atoms with E-state index < -0.39 is 6.03 Å². The maximum Gasteiger partial charge on any atom is 0.314 e. The second kappa shape index (κ2) is 7.15. The second-order valence-corrected chi connectivity index (χ2v) is 5.64. The van der Waals surface area contributed by atoms with Crippen molar-refractivity contribution in [2.24, 2.45) is 11.7 Å². The molecular weight excluding hydrogens is 282 g/mol. The molecule has 2 N–H and O–H groups in total. The van der Waals surface area contributed by atoms with Crippen LogP contribution in [0, 0.1) is 5.92 Å². The van der Waals surface area contributed by atoms with E-state index in [1.54, 1.807) is 16.9 Å². The van der Waals surface area contributed by atoms with Gasteiger partial charge in [-0.3, -0.25) is 4.79 Å². The minimum Gasteiger partial charge on any atom is -0.497 e. The van der Waals surface area contributed by atoms with Gasteiger partial charge in [0.2, 0.25) is 5.91 Å². The fourth-order valence-corrected chi connectivity index (χ4v) is 2.74. The largest absolute Gasteiger partial charge is 0.497 e. The van der Waals surface area contributed by atoms with Crippen LogP contribution in [0.2, 0.25) is 0 Å². The average molecular weight is 305 g/mol. The molecular formula is C16H23N3O3. The van der Waals surface area contributed by atoms with Gasteiger partial charge in [-0.2, -0.15) is 0 Å². The lowest BCUT2D eigenvalue weighted by molar-refractivity contribution is -0.136. The number of hydrogen-bond donors (Lipinski definition) is 1. The number of urea groups is 1. The molecule has 0 radical (unpaired) electrons. The van der Waals surface area contributed by atoms with Gasteiger partial charge >= 0.3 is 6.03 Å². The molecule has 1 aromatic rings. The van der Waals surface area contributed by atoms with Gasteiger partial charge < -0.3 is 20.3 Å². The smallest absolute Gasteiger partial charge is 0.314 e. The van der Waals surface area contributed by atoms with Gasteiger partial charge in [-0.1, -0.05) is 12.1 Å². The molecule has 0 atom stereocenters. The number of piperidine rings is 1. The van der Waals surface area contributed by atoms with E-state index in [1.165, 1.54) is 0 Å². The number of primary amides is 1. The molecule has 1 aliphatic heterocycles. The van der Waals surface area contributed by atoms with E-state index in [1.807, 2.05) is 31.3 Å². The number of nitrogens with zero attached hydrogens (tertiary/aromatic N) is 2. The summed E-state index contributed by atoms with van der Waals surface area (Å²) in [6.45, 7) is 1.68. The van der Waals surface area contributed by atoms with Crippen molar-refractivity contribution in [1.82, 2.24) is 9.80 Å². The van der Waals surface area contributed by atoms with Crippen LogP contribution in [-0.2, 0) is 11.3 Å². The maximum atomic E-state index is 12.5. The predicted molar refractivity (Wildman–Crippen MR) is 83.3 cm³/mol. The standard InChI is InChI=1S/C16H23N3O3/c1-18(11-12-3-5-14(22-2)6-4-12)15(20)13-7-9-19(10-8-13)16(17)21/h3-6,13H,7-11H2,1-2H3,(H2,17,21). The second-order valence-electron chi connectivity index (χ2n) is 5.64. The number of nitrogens with two attached hydrogens (primary N) is 1. The summed E-state index contributed by atoms with van der Waals surface area (Å²) >= 11 is 0. The highest BCUT2D eigenvalue weighted by Crippen LogP contribution is 2.20. The Morgan fingerprint density at radius 1 is 1.27 bits per heavy atom. The van der Waals surface area contributed by atoms with Crippen molar-refractivity contribution in [2.75, 3.05) is 27.2 Å². The topological polar surface area (TPSA) is 75.9 Å². The van der Waals surface area contributed by atoms with E-state index in [-0.39, 0.29) is 11.8 Å². The van der Waals surface area contributed by atoms with Gasteiger partial charge in [-0.15, -0.1) is 0 Å². The first-order valence-electron chi connectivity index (χ1n) is 7.43. The minimum absolute atomic E-state index is 0.0288. The number of benzene rings is 1. The van der Waals surface area contributed by atoms with Crippen molar-refractivity contribution in [1.29, 1.82) is 0 Å². The Hall–Kier alpha value is -2.24. The van der Waals surface area contributed by atoms with Gasteiger partial charge in [-0.25, -0.2) is 4.79 Å². The molecule has 0 bridgehead atoms. The van der Waals surface area contributed by atoms with E-state index in [0.29, 0.717) is 32.5 Å². The zero-order valence-electron chi connectivity index (χ0n) is 13.1. The van der Waals surface area contributed by atoms with Gasteiger partial charge in [-0.05, 0) is 30.5 Å². The normalized spacial score (nSPS) is 15.5. The van der Waals surface area contributed by atoms with Crippen molar-refractivity contribution < 1.29 is 14.3 Å². The van der Waals surface area contributed by atoms with Crippen LogP contribution in [0.3, 0.4) is 0 Å². The third-order valence-corrected chi connectivity index (χ3v) is 4.11. The summed E-state index contributed by atoms with van der Waals surface area (Å²) in [5.74, 6) is 0.898. The molecule has 0 unspecified atom stereocenters. The fraction of sp³-hybridized carbons (Fsp3) is 0.500. The molecule has 1 fully saturated rings. The highest BCUT2D eigenvalue weighted by Gasteiger charge is 2.28. The Kier molecular flexibility index (Phi) is 5.25. The fourth-order valence-electron chi connectivity index (χ4n) is 2.74. The first-order valence-corrected chi connectivity index (χ1v) is 7.43. The van der Waals surface area contributed by atoms with E-state index in [2.05, 4.69) is 0 Å². The molecule has 3 amide bonds. The van der Waals surface area contributed by atoms with Crippen LogP contribution in [0.5, 0.6) is 5.75 Å². The van der Waals surface area contributed by atoms with Gasteiger partial charge in [0.25, 0.3) is 0 Å². The molecule has 0 saturated carbocycles. The van der Waals surface area contributed by atoms with Gasteiger partial charge in [0.05, 0.1) is 7.11 Å². The Morgan fingerprint density at radius 3 is 2.36 bits per heavy atom. The Balaban J connectivity index is 1.88. The van der Waals surface area contributed by atoms with Crippen LogP contribution >= 0.6 is 0 Å². The highest BCUT2D eigenvalue weighted by molar-refractivity contribution is 5.79. The average Bonchev–Trinajstić information content (AvgIpc) is 2.55. The van der Waals surface area contributed by atoms with Crippen LogP contribution in [0.15, 0.2) is 24.3 Å². The number of methoxy groups -OCH3 is 1. The van der Waals surface area contributed by atoms with Crippen molar-refractivity contribution in [3.8, 4) is 5.75 Å². The van der Waals surface area contributed by atoms with Crippen molar-refractivity contribution in [2.45, 2.75) is 19.4 Å². The lowest BCUT2D eigenvalue weighted by atomic mass is 9.95. The first-order chi connectivity index (χ1) is 10.5. The molecule has 22 heavy (non-hydrogen) atoms. The highest BCUT2D eigenvalue weighted by atomic mass is 16.5. The quantitative estimate of drug-likeness (QED) is 0.914.